The molecule has 0 saturated carbocycles. The number of sulfonamides is 1. The molecular weight excluding hydrogens is 534 g/mol. The highest BCUT2D eigenvalue weighted by atomic mass is 127. The summed E-state index contributed by atoms with van der Waals surface area (Å²) in [4.78, 5) is 7.17. The normalized spacial score (nSPS) is 21.3. The third-order valence-electron chi connectivity index (χ3n) is 5.70. The number of guanidine groups is 1. The van der Waals surface area contributed by atoms with Crippen molar-refractivity contribution in [3.63, 3.8) is 0 Å². The van der Waals surface area contributed by atoms with Crippen LogP contribution in [0.2, 0.25) is 0 Å². The molecule has 0 bridgehead atoms. The average Bonchev–Trinajstić information content (AvgIpc) is 3.20. The molecule has 0 amide bonds. The van der Waals surface area contributed by atoms with Crippen molar-refractivity contribution in [2.24, 2.45) is 10.9 Å². The number of aliphatic imine (C=N–C) groups is 1. The van der Waals surface area contributed by atoms with E-state index in [1.54, 1.807) is 0 Å². The Bertz CT molecular complexity index is 634. The molecule has 1 atom stereocenters. The van der Waals surface area contributed by atoms with E-state index in [9.17, 15) is 21.6 Å². The minimum absolute atomic E-state index is 0. The van der Waals surface area contributed by atoms with E-state index in [1.807, 2.05) is 6.92 Å². The Morgan fingerprint density at radius 1 is 1.10 bits per heavy atom. The van der Waals surface area contributed by atoms with Gasteiger partial charge in [0.25, 0.3) is 0 Å². The second kappa shape index (κ2) is 12.6. The van der Waals surface area contributed by atoms with Gasteiger partial charge in [-0.2, -0.15) is 17.5 Å². The highest BCUT2D eigenvalue weighted by Crippen LogP contribution is 2.30. The van der Waals surface area contributed by atoms with Crippen LogP contribution in [0.4, 0.5) is 13.2 Å². The summed E-state index contributed by atoms with van der Waals surface area (Å²) in [5.41, 5.74) is -5.23. The lowest BCUT2D eigenvalue weighted by Gasteiger charge is -2.32. The van der Waals surface area contributed by atoms with E-state index >= 15 is 0 Å². The summed E-state index contributed by atoms with van der Waals surface area (Å²) < 4.78 is 61.6. The standard InChI is InChI=1S/C18H34F3N5O2S.HI/c1-3-16(25-9-5-6-10-25)14-24-17(22-4-2)23-13-15-7-11-26(12-8-15)29(27,28)18(19,20)21;/h15-16H,3-14H2,1-2H3,(H2,22,23,24);1H. The number of halogens is 4. The van der Waals surface area contributed by atoms with Crippen molar-refractivity contribution in [1.82, 2.24) is 19.8 Å². The van der Waals surface area contributed by atoms with Crippen molar-refractivity contribution in [2.75, 3.05) is 45.8 Å². The van der Waals surface area contributed by atoms with Crippen LogP contribution < -0.4 is 10.6 Å². The third-order valence-corrected chi connectivity index (χ3v) is 7.33. The first-order valence-electron chi connectivity index (χ1n) is 10.5. The Labute approximate surface area is 195 Å². The van der Waals surface area contributed by atoms with Crippen molar-refractivity contribution in [3.8, 4) is 0 Å². The van der Waals surface area contributed by atoms with Gasteiger partial charge in [0, 0.05) is 32.2 Å². The maximum atomic E-state index is 12.7. The van der Waals surface area contributed by atoms with Crippen molar-refractivity contribution in [2.45, 2.75) is 57.5 Å². The third kappa shape index (κ3) is 7.66. The van der Waals surface area contributed by atoms with Crippen LogP contribution in [0, 0.1) is 5.92 Å². The molecule has 12 heteroatoms. The quantitative estimate of drug-likeness (QED) is 0.267. The molecule has 30 heavy (non-hydrogen) atoms. The Kier molecular flexibility index (Phi) is 11.7. The largest absolute Gasteiger partial charge is 0.511 e. The highest BCUT2D eigenvalue weighted by Gasteiger charge is 2.50. The molecule has 0 aromatic rings. The molecule has 7 nitrogen and oxygen atoms in total. The summed E-state index contributed by atoms with van der Waals surface area (Å²) in [6.45, 7) is 8.17. The summed E-state index contributed by atoms with van der Waals surface area (Å²) in [6, 6.07) is 0.420. The number of nitrogens with one attached hydrogen (secondary N) is 2. The smallest absolute Gasteiger partial charge is 0.357 e. The molecule has 0 aromatic carbocycles. The number of hydrogen-bond donors (Lipinski definition) is 2. The van der Waals surface area contributed by atoms with Crippen LogP contribution in [-0.2, 0) is 10.0 Å². The molecule has 178 valence electrons. The van der Waals surface area contributed by atoms with Crippen LogP contribution >= 0.6 is 24.0 Å². The van der Waals surface area contributed by atoms with Crippen molar-refractivity contribution in [3.05, 3.63) is 0 Å². The minimum Gasteiger partial charge on any atom is -0.357 e. The molecule has 2 heterocycles. The average molecular weight is 569 g/mol. The summed E-state index contributed by atoms with van der Waals surface area (Å²) in [5, 5.41) is 6.48. The molecule has 2 N–H and O–H groups in total. The molecule has 1 unspecified atom stereocenters. The van der Waals surface area contributed by atoms with Gasteiger partial charge in [0.15, 0.2) is 5.96 Å². The predicted molar refractivity (Wildman–Crippen MR) is 124 cm³/mol. The van der Waals surface area contributed by atoms with Gasteiger partial charge in [0.1, 0.15) is 0 Å². The van der Waals surface area contributed by atoms with E-state index < -0.39 is 15.5 Å². The molecule has 2 rings (SSSR count). The molecule has 2 aliphatic heterocycles. The lowest BCUT2D eigenvalue weighted by Crippen LogP contribution is -2.47. The van der Waals surface area contributed by atoms with E-state index in [0.29, 0.717) is 48.8 Å². The van der Waals surface area contributed by atoms with Gasteiger partial charge >= 0.3 is 15.5 Å². The Balaban J connectivity index is 0.00000450. The Hall–Kier alpha value is -0.340. The van der Waals surface area contributed by atoms with Gasteiger partial charge in [-0.1, -0.05) is 6.92 Å². The van der Waals surface area contributed by atoms with Gasteiger partial charge in [-0.15, -0.1) is 24.0 Å². The van der Waals surface area contributed by atoms with Gasteiger partial charge in [-0.25, -0.2) is 8.42 Å². The number of nitrogens with zero attached hydrogens (tertiary/aromatic N) is 3. The van der Waals surface area contributed by atoms with Gasteiger partial charge in [-0.05, 0) is 58.0 Å². The first-order chi connectivity index (χ1) is 13.7. The summed E-state index contributed by atoms with van der Waals surface area (Å²) in [7, 11) is -5.22. The zero-order valence-corrected chi connectivity index (χ0v) is 20.9. The van der Waals surface area contributed by atoms with Crippen LogP contribution in [0.1, 0.15) is 46.0 Å². The topological polar surface area (TPSA) is 77.0 Å². The second-order valence-electron chi connectivity index (χ2n) is 7.70. The predicted octanol–water partition coefficient (Wildman–Crippen LogP) is 2.60. The molecule has 0 aliphatic carbocycles. The van der Waals surface area contributed by atoms with E-state index in [4.69, 9.17) is 4.99 Å². The molecule has 0 radical (unpaired) electrons. The molecular formula is C18H35F3IN5O2S. The zero-order valence-electron chi connectivity index (χ0n) is 17.7. The van der Waals surface area contributed by atoms with E-state index in [-0.39, 0.29) is 43.0 Å². The summed E-state index contributed by atoms with van der Waals surface area (Å²) in [6.07, 6.45) is 4.30. The van der Waals surface area contributed by atoms with Crippen molar-refractivity contribution in [1.29, 1.82) is 0 Å². The van der Waals surface area contributed by atoms with Gasteiger partial charge in [-0.3, -0.25) is 9.89 Å². The van der Waals surface area contributed by atoms with Crippen LogP contribution in [0.5, 0.6) is 0 Å². The second-order valence-corrected chi connectivity index (χ2v) is 9.63. The fourth-order valence-electron chi connectivity index (χ4n) is 3.89. The lowest BCUT2D eigenvalue weighted by molar-refractivity contribution is -0.0496. The van der Waals surface area contributed by atoms with Crippen molar-refractivity contribution >= 4 is 40.0 Å². The van der Waals surface area contributed by atoms with Gasteiger partial charge in [0.05, 0.1) is 6.54 Å². The number of hydrogen-bond acceptors (Lipinski definition) is 4. The molecule has 2 fully saturated rings. The Morgan fingerprint density at radius 2 is 1.70 bits per heavy atom. The van der Waals surface area contributed by atoms with Crippen LogP contribution in [-0.4, -0.2) is 80.9 Å². The summed E-state index contributed by atoms with van der Waals surface area (Å²) >= 11 is 0. The van der Waals surface area contributed by atoms with E-state index in [2.05, 4.69) is 22.5 Å². The molecule has 0 aromatic heterocycles. The Morgan fingerprint density at radius 3 is 2.20 bits per heavy atom. The zero-order chi connectivity index (χ0) is 21.5. The van der Waals surface area contributed by atoms with Gasteiger partial charge < -0.3 is 10.6 Å². The molecule has 2 saturated heterocycles. The maximum absolute atomic E-state index is 12.7. The van der Waals surface area contributed by atoms with Crippen LogP contribution in [0.15, 0.2) is 4.99 Å². The monoisotopic (exact) mass is 569 g/mol. The van der Waals surface area contributed by atoms with Gasteiger partial charge in [0.2, 0.25) is 0 Å². The minimum atomic E-state index is -5.23. The number of rotatable bonds is 8. The summed E-state index contributed by atoms with van der Waals surface area (Å²) in [5.74, 6) is 0.814. The maximum Gasteiger partial charge on any atom is 0.511 e. The molecule has 2 aliphatic rings. The van der Waals surface area contributed by atoms with Crippen molar-refractivity contribution < 1.29 is 21.6 Å². The number of likely N-dealkylation sites (tertiary alicyclic amines) is 1. The first kappa shape index (κ1) is 27.7. The SMILES string of the molecule is CCNC(=NCC(CC)N1CCCC1)NCC1CCN(S(=O)(=O)C(F)(F)F)CC1.I. The lowest BCUT2D eigenvalue weighted by atomic mass is 9.98. The van der Waals surface area contributed by atoms with E-state index in [1.165, 1.54) is 12.8 Å². The first-order valence-corrected chi connectivity index (χ1v) is 12.0. The molecule has 0 spiro atoms. The van der Waals surface area contributed by atoms with E-state index in [0.717, 1.165) is 19.5 Å². The fraction of sp³-hybridized carbons (Fsp3) is 0.944. The van der Waals surface area contributed by atoms with Crippen LogP contribution in [0.3, 0.4) is 0 Å². The fourth-order valence-corrected chi connectivity index (χ4v) is 4.87. The highest BCUT2D eigenvalue weighted by molar-refractivity contribution is 14.0. The number of piperidine rings is 1. The number of alkyl halides is 3. The van der Waals surface area contributed by atoms with Crippen LogP contribution in [0.25, 0.3) is 0 Å².